The molecular formula is C9H12INO3S. The second-order valence-corrected chi connectivity index (χ2v) is 5.61. The fourth-order valence-electron chi connectivity index (χ4n) is 1.01. The van der Waals surface area contributed by atoms with Gasteiger partial charge in [-0.05, 0) is 24.3 Å². The number of rotatable bonds is 5. The molecule has 0 unspecified atom stereocenters. The first-order valence-electron chi connectivity index (χ1n) is 4.30. The van der Waals surface area contributed by atoms with Gasteiger partial charge in [0.2, 0.25) is 10.0 Å². The Bertz CT molecular complexity index is 402. The number of nitrogens with one attached hydrogen (secondary N) is 1. The summed E-state index contributed by atoms with van der Waals surface area (Å²) < 4.78 is 31.4. The standard InChI is InChI=1S/C9H12INO3S/c1-14-8-2-4-9(5-3-8)15(12,13)11-7-6-10/h2-5,11H,6-7H2,1H3. The van der Waals surface area contributed by atoms with E-state index in [1.807, 2.05) is 0 Å². The number of alkyl halides is 1. The lowest BCUT2D eigenvalue weighted by Gasteiger charge is -2.05. The highest BCUT2D eigenvalue weighted by Crippen LogP contribution is 2.14. The third-order valence-electron chi connectivity index (χ3n) is 1.76. The first-order chi connectivity index (χ1) is 7.10. The molecule has 0 heterocycles. The summed E-state index contributed by atoms with van der Waals surface area (Å²) in [5, 5.41) is 0. The van der Waals surface area contributed by atoms with Gasteiger partial charge in [0.15, 0.2) is 0 Å². The van der Waals surface area contributed by atoms with E-state index in [2.05, 4.69) is 27.3 Å². The number of sulfonamides is 1. The van der Waals surface area contributed by atoms with Crippen LogP contribution in [-0.2, 0) is 10.0 Å². The highest BCUT2D eigenvalue weighted by atomic mass is 127. The molecule has 6 heteroatoms. The second kappa shape index (κ2) is 5.66. The van der Waals surface area contributed by atoms with Crippen molar-refractivity contribution in [1.29, 1.82) is 0 Å². The quantitative estimate of drug-likeness (QED) is 0.651. The van der Waals surface area contributed by atoms with Crippen LogP contribution in [0.15, 0.2) is 29.2 Å². The summed E-state index contributed by atoms with van der Waals surface area (Å²) in [6, 6.07) is 6.29. The fourth-order valence-corrected chi connectivity index (χ4v) is 2.68. The lowest BCUT2D eigenvalue weighted by atomic mass is 10.3. The zero-order valence-electron chi connectivity index (χ0n) is 8.23. The summed E-state index contributed by atoms with van der Waals surface area (Å²) in [4.78, 5) is 0.258. The van der Waals surface area contributed by atoms with Crippen molar-refractivity contribution in [2.45, 2.75) is 4.90 Å². The minimum atomic E-state index is -3.36. The molecule has 0 aliphatic carbocycles. The fraction of sp³-hybridized carbons (Fsp3) is 0.333. The van der Waals surface area contributed by atoms with Crippen molar-refractivity contribution in [3.05, 3.63) is 24.3 Å². The van der Waals surface area contributed by atoms with Gasteiger partial charge in [-0.1, -0.05) is 22.6 Å². The van der Waals surface area contributed by atoms with E-state index in [1.165, 1.54) is 19.2 Å². The van der Waals surface area contributed by atoms with Gasteiger partial charge in [-0.15, -0.1) is 0 Å². The maximum atomic E-state index is 11.6. The number of methoxy groups -OCH3 is 1. The van der Waals surface area contributed by atoms with Gasteiger partial charge < -0.3 is 4.74 Å². The summed E-state index contributed by atoms with van der Waals surface area (Å²) in [5.74, 6) is 0.642. The van der Waals surface area contributed by atoms with Gasteiger partial charge in [0, 0.05) is 11.0 Å². The van der Waals surface area contributed by atoms with E-state index >= 15 is 0 Å². The number of ether oxygens (including phenoxy) is 1. The molecule has 0 aliphatic rings. The number of halogens is 1. The van der Waals surface area contributed by atoms with Crippen LogP contribution in [0.4, 0.5) is 0 Å². The SMILES string of the molecule is COc1ccc(S(=O)(=O)NCCI)cc1. The molecule has 84 valence electrons. The Balaban J connectivity index is 2.86. The first kappa shape index (κ1) is 12.7. The van der Waals surface area contributed by atoms with Gasteiger partial charge in [0.1, 0.15) is 5.75 Å². The normalized spacial score (nSPS) is 11.3. The van der Waals surface area contributed by atoms with Crippen molar-refractivity contribution in [3.8, 4) is 5.75 Å². The highest BCUT2D eigenvalue weighted by molar-refractivity contribution is 14.1. The van der Waals surface area contributed by atoms with Gasteiger partial charge in [-0.3, -0.25) is 0 Å². The second-order valence-electron chi connectivity index (χ2n) is 2.76. The predicted octanol–water partition coefficient (Wildman–Crippen LogP) is 1.41. The molecule has 15 heavy (non-hydrogen) atoms. The van der Waals surface area contributed by atoms with Crippen LogP contribution in [-0.4, -0.2) is 26.5 Å². The van der Waals surface area contributed by atoms with Crippen LogP contribution < -0.4 is 9.46 Å². The number of hydrogen-bond acceptors (Lipinski definition) is 3. The van der Waals surface area contributed by atoms with E-state index in [1.54, 1.807) is 12.1 Å². The first-order valence-corrected chi connectivity index (χ1v) is 7.30. The summed E-state index contributed by atoms with van der Waals surface area (Å²) in [7, 11) is -1.82. The minimum Gasteiger partial charge on any atom is -0.497 e. The molecule has 4 nitrogen and oxygen atoms in total. The lowest BCUT2D eigenvalue weighted by Crippen LogP contribution is -2.25. The Morgan fingerprint density at radius 2 is 1.93 bits per heavy atom. The van der Waals surface area contributed by atoms with Crippen LogP contribution in [0.2, 0.25) is 0 Å². The van der Waals surface area contributed by atoms with Gasteiger partial charge in [-0.2, -0.15) is 0 Å². The van der Waals surface area contributed by atoms with E-state index in [0.29, 0.717) is 12.3 Å². The van der Waals surface area contributed by atoms with Crippen LogP contribution in [0, 0.1) is 0 Å². The van der Waals surface area contributed by atoms with Crippen molar-refractivity contribution in [2.24, 2.45) is 0 Å². The van der Waals surface area contributed by atoms with Crippen LogP contribution in [0.3, 0.4) is 0 Å². The topological polar surface area (TPSA) is 55.4 Å². The van der Waals surface area contributed by atoms with Crippen LogP contribution >= 0.6 is 22.6 Å². The summed E-state index contributed by atoms with van der Waals surface area (Å²) in [6.07, 6.45) is 0. The predicted molar refractivity (Wildman–Crippen MR) is 67.1 cm³/mol. The van der Waals surface area contributed by atoms with Crippen molar-refractivity contribution in [3.63, 3.8) is 0 Å². The van der Waals surface area contributed by atoms with E-state index in [9.17, 15) is 8.42 Å². The average Bonchev–Trinajstić information content (AvgIpc) is 2.26. The van der Waals surface area contributed by atoms with Crippen molar-refractivity contribution in [1.82, 2.24) is 4.72 Å². The van der Waals surface area contributed by atoms with E-state index < -0.39 is 10.0 Å². The van der Waals surface area contributed by atoms with E-state index in [0.717, 1.165) is 4.43 Å². The highest BCUT2D eigenvalue weighted by Gasteiger charge is 2.12. The number of hydrogen-bond donors (Lipinski definition) is 1. The van der Waals surface area contributed by atoms with E-state index in [4.69, 9.17) is 4.74 Å². The van der Waals surface area contributed by atoms with Crippen LogP contribution in [0.25, 0.3) is 0 Å². The molecule has 0 spiro atoms. The van der Waals surface area contributed by atoms with Gasteiger partial charge in [0.25, 0.3) is 0 Å². The molecule has 0 atom stereocenters. The largest absolute Gasteiger partial charge is 0.497 e. The van der Waals surface area contributed by atoms with Crippen LogP contribution in [0.5, 0.6) is 5.75 Å². The van der Waals surface area contributed by atoms with E-state index in [-0.39, 0.29) is 4.90 Å². The molecule has 0 fully saturated rings. The van der Waals surface area contributed by atoms with Crippen molar-refractivity contribution >= 4 is 32.6 Å². The Hall–Kier alpha value is -0.340. The third-order valence-corrected chi connectivity index (χ3v) is 3.77. The van der Waals surface area contributed by atoms with Crippen molar-refractivity contribution < 1.29 is 13.2 Å². The molecule has 1 N–H and O–H groups in total. The molecular weight excluding hydrogens is 329 g/mol. The molecule has 1 aromatic rings. The third kappa shape index (κ3) is 3.62. The molecule has 0 amide bonds. The minimum absolute atomic E-state index is 0.258. The van der Waals surface area contributed by atoms with Gasteiger partial charge in [-0.25, -0.2) is 13.1 Å². The molecule has 0 aliphatic heterocycles. The number of benzene rings is 1. The molecule has 1 aromatic carbocycles. The molecule has 0 radical (unpaired) electrons. The maximum absolute atomic E-state index is 11.6. The smallest absolute Gasteiger partial charge is 0.240 e. The summed E-state index contributed by atoms with van der Waals surface area (Å²) in [5.41, 5.74) is 0. The van der Waals surface area contributed by atoms with Crippen molar-refractivity contribution in [2.75, 3.05) is 18.1 Å². The Morgan fingerprint density at radius 1 is 1.33 bits per heavy atom. The molecule has 0 bridgehead atoms. The van der Waals surface area contributed by atoms with Gasteiger partial charge in [0.05, 0.1) is 12.0 Å². The van der Waals surface area contributed by atoms with Gasteiger partial charge >= 0.3 is 0 Å². The Labute approximate surface area is 103 Å². The maximum Gasteiger partial charge on any atom is 0.240 e. The molecule has 1 rings (SSSR count). The molecule has 0 aromatic heterocycles. The summed E-state index contributed by atoms with van der Waals surface area (Å²) in [6.45, 7) is 0.439. The Kier molecular flexibility index (Phi) is 4.81. The Morgan fingerprint density at radius 3 is 2.40 bits per heavy atom. The average molecular weight is 341 g/mol. The lowest BCUT2D eigenvalue weighted by molar-refractivity contribution is 0.414. The summed E-state index contributed by atoms with van der Waals surface area (Å²) >= 11 is 2.11. The van der Waals surface area contributed by atoms with Crippen LogP contribution in [0.1, 0.15) is 0 Å². The zero-order chi connectivity index (χ0) is 11.3. The molecule has 0 saturated carbocycles. The zero-order valence-corrected chi connectivity index (χ0v) is 11.2. The molecule has 0 saturated heterocycles. The monoisotopic (exact) mass is 341 g/mol.